The second-order valence-corrected chi connectivity index (χ2v) is 11.6. The third-order valence-electron chi connectivity index (χ3n) is 6.83. The third-order valence-corrected chi connectivity index (χ3v) is 7.18. The number of amides is 4. The second-order valence-electron chi connectivity index (χ2n) is 10.6. The molecule has 2 bridgehead atoms. The first-order valence-electron chi connectivity index (χ1n) is 12.3. The first-order chi connectivity index (χ1) is 17.3. The Hall–Kier alpha value is -2.24. The van der Waals surface area contributed by atoms with Gasteiger partial charge in [0.2, 0.25) is 0 Å². The van der Waals surface area contributed by atoms with Crippen LogP contribution in [0.5, 0.6) is 0 Å². The van der Waals surface area contributed by atoms with Gasteiger partial charge in [0.25, 0.3) is 5.91 Å². The number of hydrogen-bond donors (Lipinski definition) is 2. The molecule has 37 heavy (non-hydrogen) atoms. The summed E-state index contributed by atoms with van der Waals surface area (Å²) in [7, 11) is -4.88. The van der Waals surface area contributed by atoms with E-state index in [1.54, 1.807) is 25.7 Å². The summed E-state index contributed by atoms with van der Waals surface area (Å²) in [6.07, 6.45) is 0.727. The second kappa shape index (κ2) is 10.9. The summed E-state index contributed by atoms with van der Waals surface area (Å²) in [6, 6.07) is -2.57. The minimum atomic E-state index is -4.88. The highest BCUT2D eigenvalue weighted by atomic mass is 32.3. The van der Waals surface area contributed by atoms with E-state index in [4.69, 9.17) is 18.9 Å². The van der Waals surface area contributed by atoms with Crippen molar-refractivity contribution in [3.63, 3.8) is 0 Å². The summed E-state index contributed by atoms with van der Waals surface area (Å²) in [6.45, 7) is 8.73. The zero-order chi connectivity index (χ0) is 27.0. The van der Waals surface area contributed by atoms with Crippen molar-refractivity contribution in [1.82, 2.24) is 25.2 Å². The Bertz CT molecular complexity index is 983. The Labute approximate surface area is 215 Å². The molecule has 2 N–H and O–H groups in total. The number of ether oxygens (including phenoxy) is 2. The molecule has 0 aromatic heterocycles. The molecule has 0 aromatic rings. The highest BCUT2D eigenvalue weighted by Gasteiger charge is 2.49. The van der Waals surface area contributed by atoms with Crippen molar-refractivity contribution in [3.05, 3.63) is 0 Å². The average Bonchev–Trinajstić information content (AvgIpc) is 3.33. The molecule has 4 aliphatic rings. The molecule has 4 fully saturated rings. The van der Waals surface area contributed by atoms with Crippen LogP contribution in [0.1, 0.15) is 40.0 Å². The van der Waals surface area contributed by atoms with Crippen molar-refractivity contribution in [2.24, 2.45) is 0 Å². The standard InChI is InChI=1S/C21H35N5O10S/c1-21(2,3)35-20(29)24-12-15(23-6-8-33-9-7-23)10-16(24)13-34-22-18(27)17-5-4-14-11-25(17)19(28)26(14)36-37(30,31)32/h14-17H,4-13H2,1-3H3,(H,22,27)(H,30,31,32)/t14-,15+,16-,17+/m1/s1. The summed E-state index contributed by atoms with van der Waals surface area (Å²) in [5.41, 5.74) is 1.71. The number of carbonyl (C=O) groups excluding carboxylic acids is 3. The molecular formula is C21H35N5O10S. The van der Waals surface area contributed by atoms with E-state index in [9.17, 15) is 22.8 Å². The molecule has 4 atom stereocenters. The molecule has 4 aliphatic heterocycles. The molecule has 0 spiro atoms. The van der Waals surface area contributed by atoms with Crippen LogP contribution in [0.3, 0.4) is 0 Å². The summed E-state index contributed by atoms with van der Waals surface area (Å²) in [4.78, 5) is 48.9. The maximum Gasteiger partial charge on any atom is 0.418 e. The van der Waals surface area contributed by atoms with Crippen LogP contribution in [0, 0.1) is 0 Å². The van der Waals surface area contributed by atoms with Crippen LogP contribution >= 0.6 is 0 Å². The Morgan fingerprint density at radius 2 is 1.84 bits per heavy atom. The van der Waals surface area contributed by atoms with Crippen molar-refractivity contribution in [2.75, 3.05) is 46.0 Å². The average molecular weight is 550 g/mol. The maximum atomic E-state index is 12.9. The van der Waals surface area contributed by atoms with Crippen LogP contribution < -0.4 is 5.48 Å². The predicted molar refractivity (Wildman–Crippen MR) is 125 cm³/mol. The Balaban J connectivity index is 1.33. The fourth-order valence-corrected chi connectivity index (χ4v) is 5.57. The number of piperidine rings is 1. The number of likely N-dealkylation sites (tertiary alicyclic amines) is 1. The van der Waals surface area contributed by atoms with Crippen LogP contribution in [-0.4, -0.2) is 127 Å². The first-order valence-corrected chi connectivity index (χ1v) is 13.7. The van der Waals surface area contributed by atoms with Gasteiger partial charge < -0.3 is 19.3 Å². The van der Waals surface area contributed by atoms with Crippen LogP contribution in [-0.2, 0) is 33.8 Å². The largest absolute Gasteiger partial charge is 0.444 e. The monoisotopic (exact) mass is 549 g/mol. The Kier molecular flexibility index (Phi) is 8.16. The number of morpholine rings is 1. The van der Waals surface area contributed by atoms with Crippen molar-refractivity contribution in [3.8, 4) is 0 Å². The van der Waals surface area contributed by atoms with Crippen LogP contribution in [0.4, 0.5) is 9.59 Å². The van der Waals surface area contributed by atoms with Crippen molar-refractivity contribution in [2.45, 2.75) is 69.8 Å². The third kappa shape index (κ3) is 6.80. The number of rotatable bonds is 7. The number of nitrogens with zero attached hydrogens (tertiary/aromatic N) is 4. The van der Waals surface area contributed by atoms with Gasteiger partial charge in [-0.25, -0.2) is 15.1 Å². The summed E-state index contributed by atoms with van der Waals surface area (Å²) < 4.78 is 46.4. The van der Waals surface area contributed by atoms with E-state index in [2.05, 4.69) is 14.7 Å². The number of hydroxylamine groups is 3. The van der Waals surface area contributed by atoms with E-state index in [-0.39, 0.29) is 31.7 Å². The molecule has 0 aliphatic carbocycles. The van der Waals surface area contributed by atoms with Gasteiger partial charge in [0.15, 0.2) is 0 Å². The van der Waals surface area contributed by atoms with Gasteiger partial charge in [0, 0.05) is 32.2 Å². The Morgan fingerprint density at radius 3 is 2.49 bits per heavy atom. The highest BCUT2D eigenvalue weighted by molar-refractivity contribution is 7.80. The topological polar surface area (TPSA) is 167 Å². The molecule has 0 aromatic carbocycles. The van der Waals surface area contributed by atoms with Crippen LogP contribution in [0.2, 0.25) is 0 Å². The summed E-state index contributed by atoms with van der Waals surface area (Å²) in [5, 5.41) is 0.576. The van der Waals surface area contributed by atoms with Gasteiger partial charge in [-0.2, -0.15) is 13.5 Å². The highest BCUT2D eigenvalue weighted by Crippen LogP contribution is 2.31. The van der Waals surface area contributed by atoms with E-state index < -0.39 is 46.1 Å². The maximum absolute atomic E-state index is 12.9. The van der Waals surface area contributed by atoms with Crippen LogP contribution in [0.15, 0.2) is 0 Å². The SMILES string of the molecule is CC(C)(C)OC(=O)N1C[C@@H](N2CCOCC2)C[C@@H]1CONC(=O)[C@@H]1CC[C@@H]2CN1C(=O)N2OS(=O)(=O)O. The van der Waals surface area contributed by atoms with E-state index in [0.29, 0.717) is 37.7 Å². The lowest BCUT2D eigenvalue weighted by molar-refractivity contribution is -0.140. The molecule has 4 rings (SSSR count). The molecule has 15 nitrogen and oxygen atoms in total. The quantitative estimate of drug-likeness (QED) is 0.317. The first kappa shape index (κ1) is 27.8. The van der Waals surface area contributed by atoms with E-state index in [1.165, 1.54) is 4.90 Å². The fraction of sp³-hybridized carbons (Fsp3) is 0.857. The molecule has 4 amide bonds. The number of carbonyl (C=O) groups is 3. The lowest BCUT2D eigenvalue weighted by Crippen LogP contribution is -2.50. The lowest BCUT2D eigenvalue weighted by Gasteiger charge is -2.32. The minimum Gasteiger partial charge on any atom is -0.444 e. The van der Waals surface area contributed by atoms with Crippen molar-refractivity contribution in [1.29, 1.82) is 0 Å². The van der Waals surface area contributed by atoms with Gasteiger partial charge in [-0.3, -0.25) is 19.1 Å². The van der Waals surface area contributed by atoms with Gasteiger partial charge in [-0.15, -0.1) is 4.28 Å². The minimum absolute atomic E-state index is 0.0209. The number of urea groups is 1. The van der Waals surface area contributed by atoms with Gasteiger partial charge in [0.05, 0.1) is 31.9 Å². The molecule has 0 unspecified atom stereocenters. The summed E-state index contributed by atoms with van der Waals surface area (Å²) >= 11 is 0. The molecule has 0 radical (unpaired) electrons. The normalized spacial score (nSPS) is 29.1. The molecular weight excluding hydrogens is 514 g/mol. The van der Waals surface area contributed by atoms with Gasteiger partial charge in [-0.1, -0.05) is 0 Å². The molecule has 16 heteroatoms. The number of nitrogens with one attached hydrogen (secondary N) is 1. The smallest absolute Gasteiger partial charge is 0.418 e. The van der Waals surface area contributed by atoms with E-state index >= 15 is 0 Å². The number of fused-ring (bicyclic) bond motifs is 2. The molecule has 4 saturated heterocycles. The zero-order valence-electron chi connectivity index (χ0n) is 21.2. The molecule has 0 saturated carbocycles. The fourth-order valence-electron chi connectivity index (χ4n) is 5.18. The van der Waals surface area contributed by atoms with Crippen molar-refractivity contribution >= 4 is 28.4 Å². The zero-order valence-corrected chi connectivity index (χ0v) is 22.0. The molecule has 210 valence electrons. The van der Waals surface area contributed by atoms with Gasteiger partial charge in [0.1, 0.15) is 11.6 Å². The summed E-state index contributed by atoms with van der Waals surface area (Å²) in [5.74, 6) is -0.577. The predicted octanol–water partition coefficient (Wildman–Crippen LogP) is -0.253. The van der Waals surface area contributed by atoms with Gasteiger partial charge in [-0.05, 0) is 40.0 Å². The Morgan fingerprint density at radius 1 is 1.14 bits per heavy atom. The van der Waals surface area contributed by atoms with Gasteiger partial charge >= 0.3 is 22.5 Å². The van der Waals surface area contributed by atoms with E-state index in [0.717, 1.165) is 13.1 Å². The van der Waals surface area contributed by atoms with E-state index in [1.807, 2.05) is 0 Å². The molecule has 4 heterocycles. The van der Waals surface area contributed by atoms with Crippen LogP contribution in [0.25, 0.3) is 0 Å². The number of hydrogen-bond acceptors (Lipinski definition) is 10. The lowest BCUT2D eigenvalue weighted by atomic mass is 10.0. The van der Waals surface area contributed by atoms with Crippen molar-refractivity contribution < 1.29 is 45.9 Å².